The van der Waals surface area contributed by atoms with Gasteiger partial charge in [0.2, 0.25) is 5.91 Å². The number of hydrogen-bond acceptors (Lipinski definition) is 4. The number of amides is 1. The zero-order chi connectivity index (χ0) is 18.6. The lowest BCUT2D eigenvalue weighted by Gasteiger charge is -2.37. The monoisotopic (exact) mass is 402 g/mol. The minimum atomic E-state index is 0. The number of aryl methyl sites for hydroxylation is 1. The number of nitrogens with one attached hydrogen (secondary N) is 1. The van der Waals surface area contributed by atoms with Gasteiger partial charge in [-0.2, -0.15) is 0 Å². The van der Waals surface area contributed by atoms with E-state index in [1.165, 1.54) is 11.1 Å². The Morgan fingerprint density at radius 1 is 1.07 bits per heavy atom. The van der Waals surface area contributed by atoms with Gasteiger partial charge in [-0.15, -0.1) is 12.4 Å². The molecule has 6 heteroatoms. The Bertz CT molecular complexity index is 810. The third-order valence-corrected chi connectivity index (χ3v) is 5.30. The molecule has 0 aromatic heterocycles. The number of halogens is 1. The molecule has 0 radical (unpaired) electrons. The lowest BCUT2D eigenvalue weighted by Crippen LogP contribution is -2.49. The van der Waals surface area contributed by atoms with Crippen LogP contribution < -0.4 is 14.8 Å². The molecule has 5 nitrogen and oxygen atoms in total. The van der Waals surface area contributed by atoms with Gasteiger partial charge >= 0.3 is 0 Å². The molecule has 0 aliphatic carbocycles. The van der Waals surface area contributed by atoms with Gasteiger partial charge < -0.3 is 19.7 Å². The summed E-state index contributed by atoms with van der Waals surface area (Å²) in [6.45, 7) is 5.63. The SMILES string of the molecule is CCc1ccc(C2CNCCN2C(=O)Cc2ccc3c(c2)OCCO3)cc1.Cl. The maximum absolute atomic E-state index is 13.1. The van der Waals surface area contributed by atoms with Crippen LogP contribution in [0.25, 0.3) is 0 Å². The molecule has 0 saturated carbocycles. The van der Waals surface area contributed by atoms with Crippen LogP contribution >= 0.6 is 12.4 Å². The quantitative estimate of drug-likeness (QED) is 0.853. The summed E-state index contributed by atoms with van der Waals surface area (Å²) in [7, 11) is 0. The van der Waals surface area contributed by atoms with Crippen molar-refractivity contribution >= 4 is 18.3 Å². The van der Waals surface area contributed by atoms with Crippen molar-refractivity contribution in [1.82, 2.24) is 10.2 Å². The van der Waals surface area contributed by atoms with Crippen molar-refractivity contribution in [2.75, 3.05) is 32.8 Å². The predicted molar refractivity (Wildman–Crippen MR) is 112 cm³/mol. The number of benzene rings is 2. The van der Waals surface area contributed by atoms with E-state index >= 15 is 0 Å². The molecule has 1 amide bonds. The summed E-state index contributed by atoms with van der Waals surface area (Å²) in [5.41, 5.74) is 3.47. The third-order valence-electron chi connectivity index (χ3n) is 5.30. The maximum atomic E-state index is 13.1. The summed E-state index contributed by atoms with van der Waals surface area (Å²) >= 11 is 0. The third kappa shape index (κ3) is 4.42. The minimum Gasteiger partial charge on any atom is -0.486 e. The van der Waals surface area contributed by atoms with Gasteiger partial charge in [-0.1, -0.05) is 37.3 Å². The van der Waals surface area contributed by atoms with E-state index in [4.69, 9.17) is 9.47 Å². The Morgan fingerprint density at radius 2 is 1.79 bits per heavy atom. The van der Waals surface area contributed by atoms with Crippen molar-refractivity contribution in [3.63, 3.8) is 0 Å². The Hall–Kier alpha value is -2.24. The number of carbonyl (C=O) groups is 1. The second-order valence-corrected chi connectivity index (χ2v) is 7.06. The standard InChI is InChI=1S/C22H26N2O3.ClH/c1-2-16-3-6-18(7-4-16)19-15-23-9-10-24(19)22(25)14-17-5-8-20-21(13-17)27-12-11-26-20;/h3-8,13,19,23H,2,9-12,14-15H2,1H3;1H. The van der Waals surface area contributed by atoms with Crippen LogP contribution in [0.1, 0.15) is 29.7 Å². The van der Waals surface area contributed by atoms with Crippen molar-refractivity contribution in [3.05, 3.63) is 59.2 Å². The Labute approximate surface area is 172 Å². The molecule has 2 heterocycles. The second-order valence-electron chi connectivity index (χ2n) is 7.06. The lowest BCUT2D eigenvalue weighted by atomic mass is 10.00. The molecular formula is C22H27ClN2O3. The van der Waals surface area contributed by atoms with Crippen LogP contribution in [0.15, 0.2) is 42.5 Å². The second kappa shape index (κ2) is 9.30. The normalized spacial score (nSPS) is 18.3. The van der Waals surface area contributed by atoms with Gasteiger partial charge in [-0.25, -0.2) is 0 Å². The first kappa shape index (κ1) is 20.5. The first-order valence-corrected chi connectivity index (χ1v) is 9.72. The molecule has 1 N–H and O–H groups in total. The Morgan fingerprint density at radius 3 is 2.54 bits per heavy atom. The summed E-state index contributed by atoms with van der Waals surface area (Å²) in [5, 5.41) is 3.42. The average Bonchev–Trinajstić information content (AvgIpc) is 2.73. The summed E-state index contributed by atoms with van der Waals surface area (Å²) in [6.07, 6.45) is 1.40. The molecule has 1 atom stereocenters. The molecule has 1 saturated heterocycles. The molecule has 1 fully saturated rings. The van der Waals surface area contributed by atoms with Crippen molar-refractivity contribution in [3.8, 4) is 11.5 Å². The van der Waals surface area contributed by atoms with Crippen LogP contribution in [0.3, 0.4) is 0 Å². The van der Waals surface area contributed by atoms with Crippen molar-refractivity contribution < 1.29 is 14.3 Å². The van der Waals surface area contributed by atoms with E-state index in [1.54, 1.807) is 0 Å². The fraction of sp³-hybridized carbons (Fsp3) is 0.409. The van der Waals surface area contributed by atoms with Crippen LogP contribution in [0, 0.1) is 0 Å². The largest absolute Gasteiger partial charge is 0.486 e. The molecular weight excluding hydrogens is 376 g/mol. The van der Waals surface area contributed by atoms with Crippen LogP contribution in [-0.2, 0) is 17.6 Å². The minimum absolute atomic E-state index is 0. The molecule has 28 heavy (non-hydrogen) atoms. The van der Waals surface area contributed by atoms with E-state index in [2.05, 4.69) is 36.5 Å². The van der Waals surface area contributed by atoms with Crippen molar-refractivity contribution in [1.29, 1.82) is 0 Å². The maximum Gasteiger partial charge on any atom is 0.227 e. The van der Waals surface area contributed by atoms with Crippen LogP contribution in [0.4, 0.5) is 0 Å². The number of rotatable bonds is 4. The Balaban J connectivity index is 0.00000225. The molecule has 2 aromatic carbocycles. The summed E-state index contributed by atoms with van der Waals surface area (Å²) in [6, 6.07) is 14.5. The molecule has 150 valence electrons. The number of ether oxygens (including phenoxy) is 2. The molecule has 0 spiro atoms. The summed E-state index contributed by atoms with van der Waals surface area (Å²) in [5.74, 6) is 1.64. The van der Waals surface area contributed by atoms with Gasteiger partial charge in [0.15, 0.2) is 11.5 Å². The lowest BCUT2D eigenvalue weighted by molar-refractivity contribution is -0.133. The van der Waals surface area contributed by atoms with Crippen LogP contribution in [0.2, 0.25) is 0 Å². The van der Waals surface area contributed by atoms with Gasteiger partial charge in [0.25, 0.3) is 0 Å². The van der Waals surface area contributed by atoms with E-state index in [9.17, 15) is 4.79 Å². The van der Waals surface area contributed by atoms with Gasteiger partial charge in [0.05, 0.1) is 12.5 Å². The summed E-state index contributed by atoms with van der Waals surface area (Å²) < 4.78 is 11.2. The highest BCUT2D eigenvalue weighted by atomic mass is 35.5. The highest BCUT2D eigenvalue weighted by Crippen LogP contribution is 2.31. The topological polar surface area (TPSA) is 50.8 Å². The number of fused-ring (bicyclic) bond motifs is 1. The van der Waals surface area contributed by atoms with Crippen LogP contribution in [-0.4, -0.2) is 43.7 Å². The highest BCUT2D eigenvalue weighted by Gasteiger charge is 2.28. The fourth-order valence-corrected chi connectivity index (χ4v) is 3.75. The van der Waals surface area contributed by atoms with Gasteiger partial charge in [-0.05, 0) is 35.2 Å². The molecule has 2 aliphatic heterocycles. The average molecular weight is 403 g/mol. The molecule has 1 unspecified atom stereocenters. The van der Waals surface area contributed by atoms with Gasteiger partial charge in [-0.3, -0.25) is 4.79 Å². The smallest absolute Gasteiger partial charge is 0.227 e. The van der Waals surface area contributed by atoms with E-state index in [-0.39, 0.29) is 24.4 Å². The number of nitrogens with zero attached hydrogens (tertiary/aromatic N) is 1. The fourth-order valence-electron chi connectivity index (χ4n) is 3.75. The molecule has 2 aromatic rings. The number of piperazine rings is 1. The highest BCUT2D eigenvalue weighted by molar-refractivity contribution is 5.85. The predicted octanol–water partition coefficient (Wildman–Crippen LogP) is 3.16. The van der Waals surface area contributed by atoms with E-state index in [0.29, 0.717) is 19.6 Å². The van der Waals surface area contributed by atoms with Crippen LogP contribution in [0.5, 0.6) is 11.5 Å². The molecule has 2 aliphatic rings. The molecule has 0 bridgehead atoms. The van der Waals surface area contributed by atoms with Crippen molar-refractivity contribution in [2.24, 2.45) is 0 Å². The van der Waals surface area contributed by atoms with Gasteiger partial charge in [0.1, 0.15) is 13.2 Å². The number of hydrogen-bond donors (Lipinski definition) is 1. The van der Waals surface area contributed by atoms with E-state index in [0.717, 1.165) is 43.1 Å². The van der Waals surface area contributed by atoms with Gasteiger partial charge in [0, 0.05) is 19.6 Å². The zero-order valence-corrected chi connectivity index (χ0v) is 17.0. The first-order valence-electron chi connectivity index (χ1n) is 9.72. The Kier molecular flexibility index (Phi) is 6.81. The molecule has 4 rings (SSSR count). The number of carbonyl (C=O) groups excluding carboxylic acids is 1. The van der Waals surface area contributed by atoms with E-state index < -0.39 is 0 Å². The van der Waals surface area contributed by atoms with Crippen molar-refractivity contribution in [2.45, 2.75) is 25.8 Å². The van der Waals surface area contributed by atoms with E-state index in [1.807, 2.05) is 23.1 Å². The zero-order valence-electron chi connectivity index (χ0n) is 16.1. The summed E-state index contributed by atoms with van der Waals surface area (Å²) in [4.78, 5) is 15.1. The first-order chi connectivity index (χ1) is 13.2.